The maximum Gasteiger partial charge on any atom is 0.569 e. The third-order valence-electron chi connectivity index (χ3n) is 1.32. The molecule has 0 aliphatic heterocycles. The summed E-state index contributed by atoms with van der Waals surface area (Å²) in [7, 11) is 0.648. The molecule has 1 aromatic rings. The van der Waals surface area contributed by atoms with Gasteiger partial charge in [0.1, 0.15) is 11.5 Å². The van der Waals surface area contributed by atoms with Gasteiger partial charge in [-0.1, -0.05) is 0 Å². The molecule has 0 atom stereocenters. The van der Waals surface area contributed by atoms with Crippen molar-refractivity contribution < 1.29 is 14.4 Å². The molecule has 0 heterocycles. The van der Waals surface area contributed by atoms with E-state index in [9.17, 15) is 0 Å². The summed E-state index contributed by atoms with van der Waals surface area (Å²) < 4.78 is 9.92. The van der Waals surface area contributed by atoms with E-state index in [1.54, 1.807) is 24.3 Å². The monoisotopic (exact) mass is 165 g/mol. The van der Waals surface area contributed by atoms with Crippen LogP contribution < -0.4 is 9.39 Å². The van der Waals surface area contributed by atoms with Crippen LogP contribution in [0.1, 0.15) is 6.92 Å². The van der Waals surface area contributed by atoms with E-state index in [0.717, 1.165) is 5.75 Å². The Balaban J connectivity index is 2.58. The van der Waals surface area contributed by atoms with Crippen LogP contribution in [0, 0.1) is 0 Å². The van der Waals surface area contributed by atoms with Crippen LogP contribution in [0.4, 0.5) is 0 Å². The normalized spacial score (nSPS) is 9.17. The summed E-state index contributed by atoms with van der Waals surface area (Å²) in [5, 5.41) is 8.31. The first-order valence-corrected chi connectivity index (χ1v) is 3.72. The number of rotatable bonds is 4. The number of hydrogen-bond donors (Lipinski definition) is 1. The van der Waals surface area contributed by atoms with Crippen LogP contribution in [-0.4, -0.2) is 19.3 Å². The van der Waals surface area contributed by atoms with E-state index in [1.807, 2.05) is 6.92 Å². The molecular weight excluding hydrogens is 155 g/mol. The molecule has 0 fully saturated rings. The second kappa shape index (κ2) is 4.67. The van der Waals surface area contributed by atoms with Gasteiger partial charge in [-0.15, -0.1) is 0 Å². The van der Waals surface area contributed by atoms with Crippen molar-refractivity contribution in [3.63, 3.8) is 0 Å². The molecule has 0 aromatic heterocycles. The van der Waals surface area contributed by atoms with E-state index in [4.69, 9.17) is 14.4 Å². The average molecular weight is 165 g/mol. The highest BCUT2D eigenvalue weighted by molar-refractivity contribution is 6.17. The molecule has 1 aromatic carbocycles. The molecule has 0 saturated heterocycles. The lowest BCUT2D eigenvalue weighted by Crippen LogP contribution is -1.99. The van der Waals surface area contributed by atoms with Gasteiger partial charge in [-0.3, -0.25) is 0 Å². The van der Waals surface area contributed by atoms with E-state index in [0.29, 0.717) is 20.0 Å². The molecule has 0 aliphatic carbocycles. The lowest BCUT2D eigenvalue weighted by atomic mass is 10.3. The molecule has 0 saturated carbocycles. The van der Waals surface area contributed by atoms with Crippen LogP contribution >= 0.6 is 0 Å². The Morgan fingerprint density at radius 1 is 1.25 bits per heavy atom. The Kier molecular flexibility index (Phi) is 3.48. The fourth-order valence-corrected chi connectivity index (χ4v) is 0.842. The molecule has 0 amide bonds. The standard InChI is InChI=1S/C8H10BO3/c1-2-11-7-3-5-8(6-4-7)12-9-10/h3-6,10H,2H2,1H3. The van der Waals surface area contributed by atoms with Crippen molar-refractivity contribution in [2.45, 2.75) is 6.92 Å². The summed E-state index contributed by atoms with van der Waals surface area (Å²) >= 11 is 0. The second-order valence-corrected chi connectivity index (χ2v) is 2.13. The van der Waals surface area contributed by atoms with Crippen molar-refractivity contribution in [2.75, 3.05) is 6.61 Å². The fraction of sp³-hybridized carbons (Fsp3) is 0.250. The maximum atomic E-state index is 8.31. The summed E-state index contributed by atoms with van der Waals surface area (Å²) in [6.45, 7) is 2.57. The molecule has 0 spiro atoms. The highest BCUT2D eigenvalue weighted by Crippen LogP contribution is 2.16. The van der Waals surface area contributed by atoms with E-state index in [2.05, 4.69) is 0 Å². The summed E-state index contributed by atoms with van der Waals surface area (Å²) in [5.41, 5.74) is 0. The van der Waals surface area contributed by atoms with Gasteiger partial charge in [0.15, 0.2) is 0 Å². The first kappa shape index (κ1) is 8.94. The molecule has 0 unspecified atom stereocenters. The molecule has 1 rings (SSSR count). The van der Waals surface area contributed by atoms with Gasteiger partial charge in [0.05, 0.1) is 6.61 Å². The lowest BCUT2D eigenvalue weighted by molar-refractivity contribution is 0.339. The number of benzene rings is 1. The Morgan fingerprint density at radius 3 is 2.33 bits per heavy atom. The lowest BCUT2D eigenvalue weighted by Gasteiger charge is -2.04. The summed E-state index contributed by atoms with van der Waals surface area (Å²) in [4.78, 5) is 0. The molecule has 0 bridgehead atoms. The maximum absolute atomic E-state index is 8.31. The second-order valence-electron chi connectivity index (χ2n) is 2.13. The zero-order chi connectivity index (χ0) is 8.81. The SMILES string of the molecule is CCOc1ccc(O[B]O)cc1. The van der Waals surface area contributed by atoms with Gasteiger partial charge in [0.25, 0.3) is 0 Å². The Bertz CT molecular complexity index is 197. The van der Waals surface area contributed by atoms with Crippen LogP contribution in [0.2, 0.25) is 0 Å². The third-order valence-corrected chi connectivity index (χ3v) is 1.32. The van der Waals surface area contributed by atoms with Crippen molar-refractivity contribution in [3.05, 3.63) is 24.3 Å². The molecular formula is C8H10BO3. The molecule has 1 N–H and O–H groups in total. The van der Waals surface area contributed by atoms with Crippen molar-refractivity contribution in [1.82, 2.24) is 0 Å². The van der Waals surface area contributed by atoms with Crippen molar-refractivity contribution in [1.29, 1.82) is 0 Å². The minimum Gasteiger partial charge on any atom is -0.537 e. The predicted octanol–water partition coefficient (Wildman–Crippen LogP) is 0.991. The van der Waals surface area contributed by atoms with Gasteiger partial charge in [0.2, 0.25) is 0 Å². The van der Waals surface area contributed by atoms with E-state index in [1.165, 1.54) is 0 Å². The third kappa shape index (κ3) is 2.47. The molecule has 4 heteroatoms. The minimum atomic E-state index is 0.584. The molecule has 1 radical (unpaired) electrons. The van der Waals surface area contributed by atoms with Gasteiger partial charge < -0.3 is 14.4 Å². The largest absolute Gasteiger partial charge is 0.569 e. The van der Waals surface area contributed by atoms with Gasteiger partial charge in [-0.2, -0.15) is 0 Å². The van der Waals surface area contributed by atoms with Crippen molar-refractivity contribution >= 4 is 7.69 Å². The van der Waals surface area contributed by atoms with Gasteiger partial charge in [-0.05, 0) is 31.2 Å². The van der Waals surface area contributed by atoms with Gasteiger partial charge >= 0.3 is 7.69 Å². The quantitative estimate of drug-likeness (QED) is 0.676. The summed E-state index contributed by atoms with van der Waals surface area (Å²) in [6, 6.07) is 7.00. The topological polar surface area (TPSA) is 38.7 Å². The first-order valence-electron chi connectivity index (χ1n) is 3.72. The average Bonchev–Trinajstić information content (AvgIpc) is 2.09. The summed E-state index contributed by atoms with van der Waals surface area (Å²) in [5.74, 6) is 1.38. The highest BCUT2D eigenvalue weighted by Gasteiger charge is 1.94. The molecule has 0 aliphatic rings. The van der Waals surface area contributed by atoms with Crippen LogP contribution in [0.3, 0.4) is 0 Å². The molecule has 63 valence electrons. The van der Waals surface area contributed by atoms with Crippen molar-refractivity contribution in [2.24, 2.45) is 0 Å². The zero-order valence-corrected chi connectivity index (χ0v) is 6.86. The molecule has 3 nitrogen and oxygen atoms in total. The number of hydrogen-bond acceptors (Lipinski definition) is 3. The zero-order valence-electron chi connectivity index (χ0n) is 6.86. The van der Waals surface area contributed by atoms with Crippen LogP contribution in [-0.2, 0) is 0 Å². The van der Waals surface area contributed by atoms with Gasteiger partial charge in [0, 0.05) is 0 Å². The van der Waals surface area contributed by atoms with Crippen LogP contribution in [0.15, 0.2) is 24.3 Å². The Labute approximate surface area is 72.2 Å². The van der Waals surface area contributed by atoms with Crippen molar-refractivity contribution in [3.8, 4) is 11.5 Å². The Hall–Kier alpha value is -1.16. The molecule has 12 heavy (non-hydrogen) atoms. The predicted molar refractivity (Wildman–Crippen MR) is 46.2 cm³/mol. The Morgan fingerprint density at radius 2 is 1.83 bits per heavy atom. The fourth-order valence-electron chi connectivity index (χ4n) is 0.842. The van der Waals surface area contributed by atoms with E-state index >= 15 is 0 Å². The van der Waals surface area contributed by atoms with Gasteiger partial charge in [-0.25, -0.2) is 0 Å². The summed E-state index contributed by atoms with van der Waals surface area (Å²) in [6.07, 6.45) is 0. The van der Waals surface area contributed by atoms with E-state index < -0.39 is 0 Å². The van der Waals surface area contributed by atoms with E-state index in [-0.39, 0.29) is 0 Å². The van der Waals surface area contributed by atoms with Crippen LogP contribution in [0.5, 0.6) is 11.5 Å². The highest BCUT2D eigenvalue weighted by atomic mass is 16.5. The minimum absolute atomic E-state index is 0.584. The smallest absolute Gasteiger partial charge is 0.537 e. The number of ether oxygens (including phenoxy) is 1. The first-order chi connectivity index (χ1) is 5.86. The van der Waals surface area contributed by atoms with Crippen LogP contribution in [0.25, 0.3) is 0 Å².